The van der Waals surface area contributed by atoms with E-state index in [9.17, 15) is 0 Å². The van der Waals surface area contributed by atoms with Crippen molar-refractivity contribution in [2.24, 2.45) is 0 Å². The lowest BCUT2D eigenvalue weighted by Gasteiger charge is -2.43. The highest BCUT2D eigenvalue weighted by atomic mass is 16.5. The lowest BCUT2D eigenvalue weighted by atomic mass is 9.84. The van der Waals surface area contributed by atoms with Crippen molar-refractivity contribution in [1.82, 2.24) is 9.55 Å². The second kappa shape index (κ2) is 9.83. The van der Waals surface area contributed by atoms with Crippen LogP contribution in [-0.2, 0) is 27.1 Å². The van der Waals surface area contributed by atoms with E-state index in [2.05, 4.69) is 29.8 Å². The molecule has 2 fully saturated rings. The van der Waals surface area contributed by atoms with Crippen molar-refractivity contribution in [1.29, 1.82) is 0 Å². The number of aryl methyl sites for hydroxylation is 2. The summed E-state index contributed by atoms with van der Waals surface area (Å²) in [5.41, 5.74) is 4.02. The van der Waals surface area contributed by atoms with E-state index in [0.717, 1.165) is 75.5 Å². The summed E-state index contributed by atoms with van der Waals surface area (Å²) in [5.74, 6) is 2.01. The summed E-state index contributed by atoms with van der Waals surface area (Å²) in [4.78, 5) is 13.1. The second-order valence-electron chi connectivity index (χ2n) is 8.46. The average Bonchev–Trinajstić information content (AvgIpc) is 3.44. The molecule has 0 bridgehead atoms. The Kier molecular flexibility index (Phi) is 6.92. The van der Waals surface area contributed by atoms with Gasteiger partial charge in [-0.2, -0.15) is 0 Å². The van der Waals surface area contributed by atoms with Crippen molar-refractivity contribution < 1.29 is 24.1 Å². The van der Waals surface area contributed by atoms with Crippen molar-refractivity contribution >= 4 is 6.47 Å². The third kappa shape index (κ3) is 4.62. The monoisotopic (exact) mass is 428 g/mol. The largest absolute Gasteiger partial charge is 0.493 e. The molecule has 0 radical (unpaired) electrons. The fourth-order valence-corrected chi connectivity index (χ4v) is 5.20. The van der Waals surface area contributed by atoms with Gasteiger partial charge >= 0.3 is 0 Å². The number of fused-ring (bicyclic) bond motifs is 1. The molecule has 7 nitrogen and oxygen atoms in total. The lowest BCUT2D eigenvalue weighted by Crippen LogP contribution is -2.44. The Labute approximate surface area is 183 Å². The van der Waals surface area contributed by atoms with Gasteiger partial charge in [-0.1, -0.05) is 0 Å². The van der Waals surface area contributed by atoms with Crippen LogP contribution in [0.4, 0.5) is 0 Å². The van der Waals surface area contributed by atoms with E-state index in [1.165, 1.54) is 17.5 Å². The number of nitrogens with zero attached hydrogens (tertiary/aromatic N) is 2. The standard InChI is InChI=1S/C23H30N2O3.CH2O2/c1-2-27-21-15-18-5-3-4-17(18)14-20(21)22-24-9-10-25(22)19-6-11-28-23(16-19)7-12-26-13-8-23;2-1-3/h9-10,14-15,19H,2-8,11-13,16H2,1H3;1H,(H,2,3). The van der Waals surface area contributed by atoms with E-state index in [1.54, 1.807) is 0 Å². The van der Waals surface area contributed by atoms with Gasteiger partial charge in [0, 0.05) is 38.3 Å². The molecule has 2 aromatic rings. The van der Waals surface area contributed by atoms with Gasteiger partial charge in [0.05, 0.1) is 17.8 Å². The fraction of sp³-hybridized carbons (Fsp3) is 0.583. The van der Waals surface area contributed by atoms with E-state index < -0.39 is 0 Å². The van der Waals surface area contributed by atoms with E-state index >= 15 is 0 Å². The summed E-state index contributed by atoms with van der Waals surface area (Å²) in [5, 5.41) is 6.89. The second-order valence-corrected chi connectivity index (χ2v) is 8.46. The summed E-state index contributed by atoms with van der Waals surface area (Å²) in [7, 11) is 0. The van der Waals surface area contributed by atoms with Crippen LogP contribution in [0.5, 0.6) is 5.75 Å². The predicted octanol–water partition coefficient (Wildman–Crippen LogP) is 4.04. The molecule has 0 saturated carbocycles. The van der Waals surface area contributed by atoms with Crippen LogP contribution in [0.3, 0.4) is 0 Å². The van der Waals surface area contributed by atoms with Crippen LogP contribution >= 0.6 is 0 Å². The molecule has 1 aromatic carbocycles. The highest BCUT2D eigenvalue weighted by Crippen LogP contribution is 2.42. The van der Waals surface area contributed by atoms with Crippen molar-refractivity contribution in [2.75, 3.05) is 26.4 Å². The number of benzene rings is 1. The minimum absolute atomic E-state index is 0.0244. The third-order valence-electron chi connectivity index (χ3n) is 6.67. The molecule has 1 aliphatic carbocycles. The maximum Gasteiger partial charge on any atom is 0.290 e. The SMILES string of the molecule is CCOc1cc2c(cc1-c1nccn1C1CCOC3(CCOCC3)C1)CCC2.O=CO. The Morgan fingerprint density at radius 2 is 2.00 bits per heavy atom. The predicted molar refractivity (Wildman–Crippen MR) is 117 cm³/mol. The highest BCUT2D eigenvalue weighted by molar-refractivity contribution is 5.67. The van der Waals surface area contributed by atoms with Crippen LogP contribution in [0.1, 0.15) is 56.2 Å². The van der Waals surface area contributed by atoms with E-state index in [0.29, 0.717) is 12.6 Å². The zero-order chi connectivity index (χ0) is 21.7. The van der Waals surface area contributed by atoms with Gasteiger partial charge in [-0.3, -0.25) is 4.79 Å². The van der Waals surface area contributed by atoms with E-state index in [1.807, 2.05) is 6.20 Å². The first kappa shape index (κ1) is 21.8. The molecule has 1 atom stereocenters. The van der Waals surface area contributed by atoms with Crippen molar-refractivity contribution in [3.8, 4) is 17.1 Å². The van der Waals surface area contributed by atoms with E-state index in [4.69, 9.17) is 29.1 Å². The normalized spacial score (nSPS) is 21.8. The van der Waals surface area contributed by atoms with Crippen molar-refractivity contribution in [2.45, 2.75) is 63.5 Å². The molecule has 3 aliphatic rings. The highest BCUT2D eigenvalue weighted by Gasteiger charge is 2.40. The number of hydrogen-bond donors (Lipinski definition) is 1. The van der Waals surface area contributed by atoms with Gasteiger partial charge < -0.3 is 23.9 Å². The van der Waals surface area contributed by atoms with Gasteiger partial charge in [-0.05, 0) is 75.1 Å². The van der Waals surface area contributed by atoms with E-state index in [-0.39, 0.29) is 12.1 Å². The molecular formula is C24H32N2O5. The molecule has 168 valence electrons. The van der Waals surface area contributed by atoms with Gasteiger partial charge in [-0.15, -0.1) is 0 Å². The molecule has 1 N–H and O–H groups in total. The molecule has 1 unspecified atom stereocenters. The minimum atomic E-state index is -0.250. The molecule has 31 heavy (non-hydrogen) atoms. The smallest absolute Gasteiger partial charge is 0.290 e. The Morgan fingerprint density at radius 1 is 1.26 bits per heavy atom. The number of hydrogen-bond acceptors (Lipinski definition) is 5. The van der Waals surface area contributed by atoms with Gasteiger partial charge in [0.2, 0.25) is 0 Å². The summed E-state index contributed by atoms with van der Waals surface area (Å²) in [6.07, 6.45) is 11.7. The molecule has 3 heterocycles. The summed E-state index contributed by atoms with van der Waals surface area (Å²) >= 11 is 0. The molecule has 2 aliphatic heterocycles. The number of carbonyl (C=O) groups is 1. The molecule has 7 heteroatoms. The molecule has 2 saturated heterocycles. The topological polar surface area (TPSA) is 82.8 Å². The van der Waals surface area contributed by atoms with Gasteiger partial charge in [0.25, 0.3) is 6.47 Å². The van der Waals surface area contributed by atoms with Gasteiger partial charge in [-0.25, -0.2) is 4.98 Å². The van der Waals surface area contributed by atoms with Gasteiger partial charge in [0.15, 0.2) is 0 Å². The Balaban J connectivity index is 0.000000730. The van der Waals surface area contributed by atoms with Crippen molar-refractivity contribution in [3.05, 3.63) is 35.7 Å². The summed E-state index contributed by atoms with van der Waals surface area (Å²) < 4.78 is 20.3. The summed E-state index contributed by atoms with van der Waals surface area (Å²) in [6.45, 7) is 4.90. The molecular weight excluding hydrogens is 396 g/mol. The Hall–Kier alpha value is -2.38. The lowest BCUT2D eigenvalue weighted by molar-refractivity contribution is -0.144. The number of aromatic nitrogens is 2. The zero-order valence-corrected chi connectivity index (χ0v) is 18.2. The number of rotatable bonds is 4. The first-order valence-electron chi connectivity index (χ1n) is 11.3. The fourth-order valence-electron chi connectivity index (χ4n) is 5.20. The van der Waals surface area contributed by atoms with Crippen LogP contribution in [-0.4, -0.2) is 53.2 Å². The molecule has 0 amide bonds. The molecule has 1 spiro atoms. The number of carboxylic acid groups (broad SMARTS) is 1. The molecule has 1 aromatic heterocycles. The maximum absolute atomic E-state index is 8.36. The van der Waals surface area contributed by atoms with Crippen LogP contribution in [0.2, 0.25) is 0 Å². The first-order valence-corrected chi connectivity index (χ1v) is 11.3. The quantitative estimate of drug-likeness (QED) is 0.740. The van der Waals surface area contributed by atoms with Crippen LogP contribution in [0.15, 0.2) is 24.5 Å². The molecule has 5 rings (SSSR count). The van der Waals surface area contributed by atoms with Crippen LogP contribution in [0, 0.1) is 0 Å². The zero-order valence-electron chi connectivity index (χ0n) is 18.2. The van der Waals surface area contributed by atoms with Crippen LogP contribution < -0.4 is 4.74 Å². The number of imidazole rings is 1. The summed E-state index contributed by atoms with van der Waals surface area (Å²) in [6, 6.07) is 4.99. The van der Waals surface area contributed by atoms with Crippen LogP contribution in [0.25, 0.3) is 11.4 Å². The third-order valence-corrected chi connectivity index (χ3v) is 6.67. The Bertz CT molecular complexity index is 883. The first-order chi connectivity index (χ1) is 15.2. The average molecular weight is 429 g/mol. The number of ether oxygens (including phenoxy) is 3. The van der Waals surface area contributed by atoms with Gasteiger partial charge in [0.1, 0.15) is 11.6 Å². The Morgan fingerprint density at radius 3 is 2.74 bits per heavy atom. The maximum atomic E-state index is 8.36. The van der Waals surface area contributed by atoms with Crippen molar-refractivity contribution in [3.63, 3.8) is 0 Å². The minimum Gasteiger partial charge on any atom is -0.493 e.